The van der Waals surface area contributed by atoms with E-state index in [0.717, 1.165) is 6.42 Å². The fourth-order valence-electron chi connectivity index (χ4n) is 5.10. The normalized spacial score (nSPS) is 21.4. The van der Waals surface area contributed by atoms with E-state index in [9.17, 15) is 18.8 Å². The van der Waals surface area contributed by atoms with Gasteiger partial charge < -0.3 is 14.2 Å². The molecule has 8 heteroatoms. The zero-order chi connectivity index (χ0) is 24.6. The first-order chi connectivity index (χ1) is 16.2. The molecule has 1 spiro atoms. The number of fused-ring (bicyclic) bond motifs is 1. The van der Waals surface area contributed by atoms with Gasteiger partial charge in [-0.25, -0.2) is 4.39 Å². The number of halogens is 2. The fourth-order valence-corrected chi connectivity index (χ4v) is 5.30. The second-order valence-corrected chi connectivity index (χ2v) is 9.41. The zero-order valence-corrected chi connectivity index (χ0v) is 20.3. The van der Waals surface area contributed by atoms with Gasteiger partial charge in [0, 0.05) is 44.3 Å². The standard InChI is InChI=1S/C26H28ClFN2O4/c1-4-30-25(33)23-16(2)24(32)19(13-29(23)15-26(30)12-18(26)14-34-3)21(31)11-6-5-8-17-9-7-10-20(27)22(17)28/h5-7,9-10,13,18H,4,8,11-12,14-15H2,1-3H3/b6-5+/t18-,26-/m0/s1. The maximum atomic E-state index is 14.0. The lowest BCUT2D eigenvalue weighted by Gasteiger charge is -2.39. The molecule has 1 fully saturated rings. The Labute approximate surface area is 203 Å². The van der Waals surface area contributed by atoms with Gasteiger partial charge in [0.2, 0.25) is 0 Å². The summed E-state index contributed by atoms with van der Waals surface area (Å²) in [5.74, 6) is -0.766. The maximum Gasteiger partial charge on any atom is 0.271 e. The van der Waals surface area contributed by atoms with E-state index in [1.54, 1.807) is 42.9 Å². The van der Waals surface area contributed by atoms with E-state index in [0.29, 0.717) is 31.0 Å². The fraction of sp³-hybridized carbons (Fsp3) is 0.423. The molecule has 0 bridgehead atoms. The third kappa shape index (κ3) is 4.12. The molecule has 2 heterocycles. The Bertz CT molecular complexity index is 1240. The van der Waals surface area contributed by atoms with E-state index in [2.05, 4.69) is 0 Å². The number of likely N-dealkylation sites (N-methyl/N-ethyl adjacent to an activating group) is 1. The monoisotopic (exact) mass is 486 g/mol. The molecular weight excluding hydrogens is 459 g/mol. The number of carbonyl (C=O) groups is 2. The van der Waals surface area contributed by atoms with Crippen molar-refractivity contribution < 1.29 is 18.7 Å². The Kier molecular flexibility index (Phi) is 6.78. The molecule has 1 aliphatic carbocycles. The summed E-state index contributed by atoms with van der Waals surface area (Å²) in [6, 6.07) is 4.78. The first kappa shape index (κ1) is 24.4. The minimum Gasteiger partial charge on any atom is -0.384 e. The first-order valence-electron chi connectivity index (χ1n) is 11.4. The second kappa shape index (κ2) is 9.47. The highest BCUT2D eigenvalue weighted by molar-refractivity contribution is 6.30. The van der Waals surface area contributed by atoms with Gasteiger partial charge in [-0.3, -0.25) is 14.4 Å². The van der Waals surface area contributed by atoms with Crippen molar-refractivity contribution in [2.75, 3.05) is 20.3 Å². The van der Waals surface area contributed by atoms with E-state index in [-0.39, 0.29) is 52.1 Å². The smallest absolute Gasteiger partial charge is 0.271 e. The average Bonchev–Trinajstić information content (AvgIpc) is 3.48. The van der Waals surface area contributed by atoms with Crippen molar-refractivity contribution >= 4 is 23.3 Å². The third-order valence-electron chi connectivity index (χ3n) is 6.97. The van der Waals surface area contributed by atoms with Gasteiger partial charge in [0.15, 0.2) is 11.2 Å². The van der Waals surface area contributed by atoms with Crippen molar-refractivity contribution in [3.63, 3.8) is 0 Å². The van der Waals surface area contributed by atoms with Gasteiger partial charge in [-0.1, -0.05) is 35.9 Å². The number of Topliss-reactive ketones (excluding diaryl/α,β-unsaturated/α-hetero) is 1. The Morgan fingerprint density at radius 3 is 2.79 bits per heavy atom. The van der Waals surface area contributed by atoms with Crippen LogP contribution < -0.4 is 5.43 Å². The van der Waals surface area contributed by atoms with Gasteiger partial charge in [0.25, 0.3) is 5.91 Å². The van der Waals surface area contributed by atoms with Gasteiger partial charge in [-0.2, -0.15) is 0 Å². The van der Waals surface area contributed by atoms with Crippen LogP contribution in [0, 0.1) is 18.7 Å². The van der Waals surface area contributed by atoms with Crippen LogP contribution in [0.5, 0.6) is 0 Å². The lowest BCUT2D eigenvalue weighted by atomic mass is 9.99. The summed E-state index contributed by atoms with van der Waals surface area (Å²) in [4.78, 5) is 41.0. The number of allylic oxidation sites excluding steroid dienone is 2. The molecule has 0 N–H and O–H groups in total. The van der Waals surface area contributed by atoms with Gasteiger partial charge in [-0.05, 0) is 38.3 Å². The number of amides is 1. The van der Waals surface area contributed by atoms with Crippen molar-refractivity contribution in [1.82, 2.24) is 9.47 Å². The van der Waals surface area contributed by atoms with Gasteiger partial charge in [0.1, 0.15) is 11.5 Å². The van der Waals surface area contributed by atoms with Crippen molar-refractivity contribution in [1.29, 1.82) is 0 Å². The quantitative estimate of drug-likeness (QED) is 0.414. The zero-order valence-electron chi connectivity index (χ0n) is 19.6. The summed E-state index contributed by atoms with van der Waals surface area (Å²) >= 11 is 5.80. The topological polar surface area (TPSA) is 68.6 Å². The van der Waals surface area contributed by atoms with Crippen LogP contribution in [-0.4, -0.2) is 47.0 Å². The molecule has 1 aliphatic heterocycles. The molecule has 4 rings (SSSR count). The van der Waals surface area contributed by atoms with Crippen molar-refractivity contribution in [2.24, 2.45) is 5.92 Å². The second-order valence-electron chi connectivity index (χ2n) is 9.00. The molecular formula is C26H28ClFN2O4. The molecule has 6 nitrogen and oxygen atoms in total. The number of aromatic nitrogens is 1. The highest BCUT2D eigenvalue weighted by Crippen LogP contribution is 2.52. The summed E-state index contributed by atoms with van der Waals surface area (Å²) in [6.07, 6.45) is 5.97. The Morgan fingerprint density at radius 1 is 1.32 bits per heavy atom. The van der Waals surface area contributed by atoms with E-state index < -0.39 is 11.2 Å². The van der Waals surface area contributed by atoms with E-state index in [1.165, 1.54) is 12.3 Å². The molecule has 0 unspecified atom stereocenters. The minimum absolute atomic E-state index is 0.00266. The highest BCUT2D eigenvalue weighted by atomic mass is 35.5. The van der Waals surface area contributed by atoms with Crippen molar-refractivity contribution in [2.45, 2.75) is 45.2 Å². The molecule has 2 atom stereocenters. The molecule has 1 amide bonds. The minimum atomic E-state index is -0.477. The van der Waals surface area contributed by atoms with Crippen LogP contribution in [0.25, 0.3) is 0 Å². The number of pyridine rings is 1. The van der Waals surface area contributed by atoms with Crippen LogP contribution in [0.2, 0.25) is 5.02 Å². The van der Waals surface area contributed by atoms with E-state index in [1.807, 2.05) is 11.8 Å². The molecule has 34 heavy (non-hydrogen) atoms. The predicted molar refractivity (Wildman–Crippen MR) is 128 cm³/mol. The lowest BCUT2D eigenvalue weighted by Crippen LogP contribution is -2.52. The lowest BCUT2D eigenvalue weighted by molar-refractivity contribution is 0.0496. The van der Waals surface area contributed by atoms with Gasteiger partial charge in [-0.15, -0.1) is 0 Å². The number of methoxy groups -OCH3 is 1. The van der Waals surface area contributed by atoms with Gasteiger partial charge in [0.05, 0.1) is 22.7 Å². The summed E-state index contributed by atoms with van der Waals surface area (Å²) in [5, 5.41) is 0.0527. The van der Waals surface area contributed by atoms with Crippen LogP contribution in [0.1, 0.15) is 51.7 Å². The molecule has 1 saturated carbocycles. The molecule has 180 valence electrons. The first-order valence-corrected chi connectivity index (χ1v) is 11.8. The summed E-state index contributed by atoms with van der Waals surface area (Å²) < 4.78 is 21.1. The summed E-state index contributed by atoms with van der Waals surface area (Å²) in [6.45, 7) is 5.17. The average molecular weight is 487 g/mol. The SMILES string of the molecule is CCN1C(=O)c2c(C)c(=O)c(C(=O)C/C=C/Cc3cccc(Cl)c3F)cn2C[C@]12C[C@H]2COC. The highest BCUT2D eigenvalue weighted by Gasteiger charge is 2.61. The number of ether oxygens (including phenoxy) is 1. The Balaban J connectivity index is 1.56. The Morgan fingerprint density at radius 2 is 2.09 bits per heavy atom. The van der Waals surface area contributed by atoms with Crippen LogP contribution in [0.15, 0.2) is 41.3 Å². The molecule has 0 radical (unpaired) electrons. The maximum absolute atomic E-state index is 14.0. The number of nitrogens with zero attached hydrogens (tertiary/aromatic N) is 2. The number of hydrogen-bond donors (Lipinski definition) is 0. The molecule has 0 saturated heterocycles. The predicted octanol–water partition coefficient (Wildman–Crippen LogP) is 4.20. The third-order valence-corrected chi connectivity index (χ3v) is 7.26. The van der Waals surface area contributed by atoms with Crippen LogP contribution >= 0.6 is 11.6 Å². The number of hydrogen-bond acceptors (Lipinski definition) is 4. The van der Waals surface area contributed by atoms with Crippen molar-refractivity contribution in [3.8, 4) is 0 Å². The largest absolute Gasteiger partial charge is 0.384 e. The molecule has 1 aromatic heterocycles. The van der Waals surface area contributed by atoms with Crippen LogP contribution in [0.3, 0.4) is 0 Å². The van der Waals surface area contributed by atoms with Crippen LogP contribution in [-0.2, 0) is 17.7 Å². The Hall–Kier alpha value is -2.77. The van der Waals surface area contributed by atoms with E-state index in [4.69, 9.17) is 16.3 Å². The number of benzene rings is 1. The number of rotatable bonds is 8. The molecule has 2 aromatic rings. The summed E-state index contributed by atoms with van der Waals surface area (Å²) in [5.41, 5.74) is 0.381. The van der Waals surface area contributed by atoms with Crippen molar-refractivity contribution in [3.05, 3.63) is 80.0 Å². The van der Waals surface area contributed by atoms with Crippen LogP contribution in [0.4, 0.5) is 4.39 Å². The molecule has 2 aliphatic rings. The molecule has 1 aromatic carbocycles. The van der Waals surface area contributed by atoms with Gasteiger partial charge >= 0.3 is 0 Å². The number of ketones is 1. The summed E-state index contributed by atoms with van der Waals surface area (Å²) in [7, 11) is 1.65. The number of carbonyl (C=O) groups excluding carboxylic acids is 2. The van der Waals surface area contributed by atoms with E-state index >= 15 is 0 Å².